The Balaban J connectivity index is 2.82. The summed E-state index contributed by atoms with van der Waals surface area (Å²) in [6, 6.07) is 0. The van der Waals surface area contributed by atoms with Gasteiger partial charge in [-0.05, 0) is 19.3 Å². The zero-order chi connectivity index (χ0) is 12.3. The van der Waals surface area contributed by atoms with E-state index in [0.717, 1.165) is 30.0 Å². The summed E-state index contributed by atoms with van der Waals surface area (Å²) in [5.41, 5.74) is 7.44. The van der Waals surface area contributed by atoms with Crippen LogP contribution in [0.1, 0.15) is 31.5 Å². The average Bonchev–Trinajstić information content (AvgIpc) is 2.40. The molecule has 0 aliphatic heterocycles. The quantitative estimate of drug-likeness (QED) is 0.771. The predicted octanol–water partition coefficient (Wildman–Crippen LogP) is 1.82. The Labute approximate surface area is 102 Å². The SMILES string of the molecule is Cc1nn(C)c(NCCC(C)C)c1C(N)=S. The van der Waals surface area contributed by atoms with Gasteiger partial charge in [-0.1, -0.05) is 26.1 Å². The first-order valence-corrected chi connectivity index (χ1v) is 5.91. The van der Waals surface area contributed by atoms with Gasteiger partial charge in [0.2, 0.25) is 0 Å². The molecule has 1 rings (SSSR count). The van der Waals surface area contributed by atoms with Crippen LogP contribution in [0.3, 0.4) is 0 Å². The van der Waals surface area contributed by atoms with Crippen molar-refractivity contribution in [2.24, 2.45) is 18.7 Å². The molecule has 0 bridgehead atoms. The van der Waals surface area contributed by atoms with E-state index >= 15 is 0 Å². The first-order valence-electron chi connectivity index (χ1n) is 5.50. The van der Waals surface area contributed by atoms with Gasteiger partial charge < -0.3 is 11.1 Å². The molecular weight excluding hydrogens is 220 g/mol. The maximum Gasteiger partial charge on any atom is 0.134 e. The molecule has 0 aromatic carbocycles. The van der Waals surface area contributed by atoms with Crippen molar-refractivity contribution in [2.75, 3.05) is 11.9 Å². The molecule has 0 unspecified atom stereocenters. The Kier molecular flexibility index (Phi) is 4.29. The van der Waals surface area contributed by atoms with Gasteiger partial charge in [0.25, 0.3) is 0 Å². The molecule has 3 N–H and O–H groups in total. The van der Waals surface area contributed by atoms with Crippen LogP contribution < -0.4 is 11.1 Å². The number of nitrogens with two attached hydrogens (primary N) is 1. The standard InChI is InChI=1S/C11H20N4S/c1-7(2)5-6-13-11-9(10(12)16)8(3)14-15(11)4/h7,13H,5-6H2,1-4H3,(H2,12,16). The van der Waals surface area contributed by atoms with Crippen molar-refractivity contribution in [3.8, 4) is 0 Å². The Morgan fingerprint density at radius 1 is 1.56 bits per heavy atom. The van der Waals surface area contributed by atoms with Crippen LogP contribution in [-0.4, -0.2) is 21.3 Å². The summed E-state index contributed by atoms with van der Waals surface area (Å²) < 4.78 is 1.80. The Morgan fingerprint density at radius 3 is 2.69 bits per heavy atom. The second-order valence-corrected chi connectivity index (χ2v) is 4.85. The topological polar surface area (TPSA) is 55.9 Å². The Morgan fingerprint density at radius 2 is 2.19 bits per heavy atom. The minimum absolute atomic E-state index is 0.401. The number of nitrogens with zero attached hydrogens (tertiary/aromatic N) is 2. The van der Waals surface area contributed by atoms with E-state index in [1.165, 1.54) is 0 Å². The van der Waals surface area contributed by atoms with Crippen LogP contribution in [0.15, 0.2) is 0 Å². The maximum absolute atomic E-state index is 5.70. The molecule has 0 atom stereocenters. The highest BCUT2D eigenvalue weighted by Gasteiger charge is 2.14. The van der Waals surface area contributed by atoms with Gasteiger partial charge >= 0.3 is 0 Å². The normalized spacial score (nSPS) is 10.8. The van der Waals surface area contributed by atoms with Crippen molar-refractivity contribution < 1.29 is 0 Å². The maximum atomic E-state index is 5.70. The van der Waals surface area contributed by atoms with Crippen LogP contribution in [0.4, 0.5) is 5.82 Å². The fourth-order valence-electron chi connectivity index (χ4n) is 1.64. The smallest absolute Gasteiger partial charge is 0.134 e. The van der Waals surface area contributed by atoms with E-state index < -0.39 is 0 Å². The number of aryl methyl sites for hydroxylation is 2. The van der Waals surface area contributed by atoms with Crippen molar-refractivity contribution in [1.29, 1.82) is 0 Å². The molecule has 0 aliphatic rings. The molecule has 1 aromatic heterocycles. The summed E-state index contributed by atoms with van der Waals surface area (Å²) in [6.45, 7) is 7.23. The monoisotopic (exact) mass is 240 g/mol. The van der Waals surface area contributed by atoms with Crippen LogP contribution in [0.2, 0.25) is 0 Å². The summed E-state index contributed by atoms with van der Waals surface area (Å²) in [7, 11) is 1.90. The Hall–Kier alpha value is -1.10. The van der Waals surface area contributed by atoms with E-state index in [1.807, 2.05) is 14.0 Å². The van der Waals surface area contributed by atoms with Gasteiger partial charge in [-0.2, -0.15) is 5.10 Å². The lowest BCUT2D eigenvalue weighted by Crippen LogP contribution is -2.15. The zero-order valence-corrected chi connectivity index (χ0v) is 11.2. The minimum Gasteiger partial charge on any atom is -0.389 e. The van der Waals surface area contributed by atoms with Crippen LogP contribution in [0, 0.1) is 12.8 Å². The van der Waals surface area contributed by atoms with E-state index in [4.69, 9.17) is 18.0 Å². The number of rotatable bonds is 5. The summed E-state index contributed by atoms with van der Waals surface area (Å²) >= 11 is 5.04. The van der Waals surface area contributed by atoms with Crippen LogP contribution in [0.5, 0.6) is 0 Å². The molecule has 0 spiro atoms. The van der Waals surface area contributed by atoms with E-state index in [2.05, 4.69) is 24.3 Å². The fraction of sp³-hybridized carbons (Fsp3) is 0.636. The van der Waals surface area contributed by atoms with Gasteiger partial charge in [0.05, 0.1) is 11.3 Å². The lowest BCUT2D eigenvalue weighted by Gasteiger charge is -2.10. The molecule has 0 aliphatic carbocycles. The fourth-order valence-corrected chi connectivity index (χ4v) is 1.88. The Bertz CT molecular complexity index is 382. The molecule has 1 aromatic rings. The number of nitrogens with one attached hydrogen (secondary N) is 1. The van der Waals surface area contributed by atoms with Gasteiger partial charge in [0, 0.05) is 13.6 Å². The molecule has 90 valence electrons. The molecular formula is C11H20N4S. The molecule has 1 heterocycles. The highest BCUT2D eigenvalue weighted by molar-refractivity contribution is 7.80. The number of aromatic nitrogens is 2. The first kappa shape index (κ1) is 13.0. The van der Waals surface area contributed by atoms with E-state index in [0.29, 0.717) is 10.9 Å². The number of anilines is 1. The molecule has 0 amide bonds. The molecule has 16 heavy (non-hydrogen) atoms. The van der Waals surface area contributed by atoms with Gasteiger partial charge in [0.15, 0.2) is 0 Å². The summed E-state index contributed by atoms with van der Waals surface area (Å²) in [6.07, 6.45) is 1.11. The lowest BCUT2D eigenvalue weighted by atomic mass is 10.1. The largest absolute Gasteiger partial charge is 0.389 e. The van der Waals surface area contributed by atoms with Gasteiger partial charge in [0.1, 0.15) is 10.8 Å². The minimum atomic E-state index is 0.401. The number of thiocarbonyl (C=S) groups is 1. The lowest BCUT2D eigenvalue weighted by molar-refractivity contribution is 0.604. The third-order valence-corrected chi connectivity index (χ3v) is 2.69. The average molecular weight is 240 g/mol. The molecule has 0 fully saturated rings. The highest BCUT2D eigenvalue weighted by atomic mass is 32.1. The number of hydrogen-bond donors (Lipinski definition) is 2. The van der Waals surface area contributed by atoms with Crippen molar-refractivity contribution in [2.45, 2.75) is 27.2 Å². The third-order valence-electron chi connectivity index (χ3n) is 2.48. The first-order chi connectivity index (χ1) is 7.43. The molecule has 0 radical (unpaired) electrons. The number of hydrogen-bond acceptors (Lipinski definition) is 3. The van der Waals surface area contributed by atoms with Crippen molar-refractivity contribution in [3.05, 3.63) is 11.3 Å². The second kappa shape index (κ2) is 5.30. The molecule has 4 nitrogen and oxygen atoms in total. The second-order valence-electron chi connectivity index (χ2n) is 4.41. The van der Waals surface area contributed by atoms with Gasteiger partial charge in [-0.25, -0.2) is 0 Å². The summed E-state index contributed by atoms with van der Waals surface area (Å²) in [4.78, 5) is 0.401. The third kappa shape index (κ3) is 2.95. The van der Waals surface area contributed by atoms with Crippen LogP contribution >= 0.6 is 12.2 Å². The highest BCUT2D eigenvalue weighted by Crippen LogP contribution is 2.18. The molecule has 0 saturated heterocycles. The van der Waals surface area contributed by atoms with Crippen molar-refractivity contribution in [1.82, 2.24) is 9.78 Å². The van der Waals surface area contributed by atoms with E-state index in [9.17, 15) is 0 Å². The summed E-state index contributed by atoms with van der Waals surface area (Å²) in [5.74, 6) is 1.60. The van der Waals surface area contributed by atoms with Crippen LogP contribution in [-0.2, 0) is 7.05 Å². The van der Waals surface area contributed by atoms with Crippen molar-refractivity contribution in [3.63, 3.8) is 0 Å². The molecule has 0 saturated carbocycles. The van der Waals surface area contributed by atoms with Gasteiger partial charge in [-0.15, -0.1) is 0 Å². The predicted molar refractivity (Wildman–Crippen MR) is 71.8 cm³/mol. The zero-order valence-electron chi connectivity index (χ0n) is 10.4. The van der Waals surface area contributed by atoms with Gasteiger partial charge in [-0.3, -0.25) is 4.68 Å². The van der Waals surface area contributed by atoms with E-state index in [-0.39, 0.29) is 0 Å². The van der Waals surface area contributed by atoms with E-state index in [1.54, 1.807) is 4.68 Å². The van der Waals surface area contributed by atoms with Crippen molar-refractivity contribution >= 4 is 23.0 Å². The van der Waals surface area contributed by atoms with Crippen LogP contribution in [0.25, 0.3) is 0 Å². The molecule has 5 heteroatoms. The summed E-state index contributed by atoms with van der Waals surface area (Å²) in [5, 5.41) is 7.66.